The molecule has 0 saturated carbocycles. The molecule has 0 amide bonds. The highest BCUT2D eigenvalue weighted by Crippen LogP contribution is 2.25. The lowest BCUT2D eigenvalue weighted by atomic mass is 10.3. The van der Waals surface area contributed by atoms with Gasteiger partial charge in [-0.2, -0.15) is 0 Å². The van der Waals surface area contributed by atoms with Crippen LogP contribution in [0.2, 0.25) is 0 Å². The lowest BCUT2D eigenvalue weighted by Crippen LogP contribution is -2.23. The van der Waals surface area contributed by atoms with Crippen LogP contribution in [0.1, 0.15) is 19.5 Å². The van der Waals surface area contributed by atoms with E-state index in [2.05, 4.69) is 31.6 Å². The van der Waals surface area contributed by atoms with Gasteiger partial charge in [-0.15, -0.1) is 5.10 Å². The second kappa shape index (κ2) is 5.75. The smallest absolute Gasteiger partial charge is 0.153 e. The zero-order chi connectivity index (χ0) is 14.0. The molecule has 1 aromatic heterocycles. The van der Waals surface area contributed by atoms with Gasteiger partial charge in [-0.25, -0.2) is 13.5 Å². The summed E-state index contributed by atoms with van der Waals surface area (Å²) in [5, 5.41) is 10.8. The van der Waals surface area contributed by atoms with Gasteiger partial charge in [0.2, 0.25) is 0 Å². The SMILES string of the molecule is CC(C)NCc1cnnn1-c1c(F)cc(F)cc1Br. The van der Waals surface area contributed by atoms with Crippen molar-refractivity contribution in [1.29, 1.82) is 0 Å². The molecule has 0 atom stereocenters. The first-order valence-electron chi connectivity index (χ1n) is 5.77. The van der Waals surface area contributed by atoms with Crippen LogP contribution in [-0.4, -0.2) is 21.0 Å². The molecule has 4 nitrogen and oxygen atoms in total. The third-order valence-corrected chi connectivity index (χ3v) is 3.11. The molecule has 0 bridgehead atoms. The Morgan fingerprint density at radius 2 is 2.11 bits per heavy atom. The number of rotatable bonds is 4. The van der Waals surface area contributed by atoms with E-state index in [9.17, 15) is 8.78 Å². The maximum absolute atomic E-state index is 13.9. The van der Waals surface area contributed by atoms with Crippen LogP contribution < -0.4 is 5.32 Å². The van der Waals surface area contributed by atoms with Crippen LogP contribution in [-0.2, 0) is 6.54 Å². The number of hydrogen-bond donors (Lipinski definition) is 1. The van der Waals surface area contributed by atoms with Crippen molar-refractivity contribution in [2.45, 2.75) is 26.4 Å². The summed E-state index contributed by atoms with van der Waals surface area (Å²) in [5.74, 6) is -1.33. The van der Waals surface area contributed by atoms with Crippen molar-refractivity contribution in [2.24, 2.45) is 0 Å². The molecule has 2 aromatic rings. The quantitative estimate of drug-likeness (QED) is 0.937. The molecule has 0 aliphatic rings. The largest absolute Gasteiger partial charge is 0.309 e. The molecule has 7 heteroatoms. The van der Waals surface area contributed by atoms with Gasteiger partial charge in [-0.05, 0) is 22.0 Å². The summed E-state index contributed by atoms with van der Waals surface area (Å²) in [5.41, 5.74) is 0.847. The summed E-state index contributed by atoms with van der Waals surface area (Å²) in [7, 11) is 0. The molecule has 0 aliphatic heterocycles. The Bertz CT molecular complexity index is 560. The Morgan fingerprint density at radius 1 is 1.37 bits per heavy atom. The summed E-state index contributed by atoms with van der Waals surface area (Å²) >= 11 is 3.14. The van der Waals surface area contributed by atoms with E-state index in [1.54, 1.807) is 6.20 Å². The van der Waals surface area contributed by atoms with Crippen LogP contribution in [0.25, 0.3) is 5.69 Å². The molecule has 0 saturated heterocycles. The molecular formula is C12H13BrF2N4. The number of nitrogens with one attached hydrogen (secondary N) is 1. The van der Waals surface area contributed by atoms with Gasteiger partial charge in [0, 0.05) is 23.1 Å². The number of nitrogens with zero attached hydrogens (tertiary/aromatic N) is 3. The molecule has 19 heavy (non-hydrogen) atoms. The van der Waals surface area contributed by atoms with E-state index >= 15 is 0 Å². The Hall–Kier alpha value is -1.34. The summed E-state index contributed by atoms with van der Waals surface area (Å²) in [6.07, 6.45) is 1.55. The second-order valence-corrected chi connectivity index (χ2v) is 5.25. The van der Waals surface area contributed by atoms with Crippen molar-refractivity contribution < 1.29 is 8.78 Å². The third-order valence-electron chi connectivity index (χ3n) is 2.50. The lowest BCUT2D eigenvalue weighted by Gasteiger charge is -2.11. The number of benzene rings is 1. The minimum atomic E-state index is -0.692. The van der Waals surface area contributed by atoms with Gasteiger partial charge in [0.05, 0.1) is 11.9 Å². The zero-order valence-corrected chi connectivity index (χ0v) is 12.1. The normalized spacial score (nSPS) is 11.3. The van der Waals surface area contributed by atoms with Crippen LogP contribution in [0.5, 0.6) is 0 Å². The van der Waals surface area contributed by atoms with Gasteiger partial charge < -0.3 is 5.32 Å². The van der Waals surface area contributed by atoms with Crippen molar-refractivity contribution in [2.75, 3.05) is 0 Å². The Balaban J connectivity index is 2.40. The van der Waals surface area contributed by atoms with E-state index in [-0.39, 0.29) is 11.7 Å². The third kappa shape index (κ3) is 3.16. The second-order valence-electron chi connectivity index (χ2n) is 4.39. The first-order chi connectivity index (χ1) is 8.99. The number of aromatic nitrogens is 3. The maximum atomic E-state index is 13.9. The average Bonchev–Trinajstić information content (AvgIpc) is 2.73. The minimum absolute atomic E-state index is 0.152. The van der Waals surface area contributed by atoms with Gasteiger partial charge in [0.25, 0.3) is 0 Å². The highest BCUT2D eigenvalue weighted by atomic mass is 79.9. The fourth-order valence-corrected chi connectivity index (χ4v) is 2.19. The molecule has 0 fully saturated rings. The molecule has 2 rings (SSSR count). The van der Waals surface area contributed by atoms with Crippen LogP contribution in [0.4, 0.5) is 8.78 Å². The highest BCUT2D eigenvalue weighted by Gasteiger charge is 2.16. The molecule has 102 valence electrons. The van der Waals surface area contributed by atoms with Crippen LogP contribution in [0, 0.1) is 11.6 Å². The first kappa shape index (κ1) is 14.1. The lowest BCUT2D eigenvalue weighted by molar-refractivity contribution is 0.550. The number of halogens is 3. The van der Waals surface area contributed by atoms with E-state index in [0.29, 0.717) is 16.7 Å². The Morgan fingerprint density at radius 3 is 2.74 bits per heavy atom. The van der Waals surface area contributed by atoms with Gasteiger partial charge in [0.15, 0.2) is 5.82 Å². The monoisotopic (exact) mass is 330 g/mol. The van der Waals surface area contributed by atoms with Gasteiger partial charge in [-0.3, -0.25) is 0 Å². The van der Waals surface area contributed by atoms with E-state index in [4.69, 9.17) is 0 Å². The zero-order valence-electron chi connectivity index (χ0n) is 10.5. The Kier molecular flexibility index (Phi) is 4.26. The fraction of sp³-hybridized carbons (Fsp3) is 0.333. The summed E-state index contributed by atoms with van der Waals surface area (Å²) in [6, 6.07) is 2.30. The summed E-state index contributed by atoms with van der Waals surface area (Å²) in [6.45, 7) is 4.50. The molecule has 0 radical (unpaired) electrons. The van der Waals surface area contributed by atoms with Crippen molar-refractivity contribution in [3.63, 3.8) is 0 Å². The molecule has 1 N–H and O–H groups in total. The van der Waals surface area contributed by atoms with Crippen LogP contribution in [0.15, 0.2) is 22.8 Å². The highest BCUT2D eigenvalue weighted by molar-refractivity contribution is 9.10. The maximum Gasteiger partial charge on any atom is 0.153 e. The van der Waals surface area contributed by atoms with Crippen molar-refractivity contribution in [3.8, 4) is 5.69 Å². The standard InChI is InChI=1S/C12H13BrF2N4/c1-7(2)16-5-9-6-17-18-19(9)12-10(13)3-8(14)4-11(12)15/h3-4,6-7,16H,5H2,1-2H3. The van der Waals surface area contributed by atoms with Gasteiger partial charge in [0.1, 0.15) is 11.5 Å². The van der Waals surface area contributed by atoms with E-state index in [1.165, 1.54) is 10.7 Å². The minimum Gasteiger partial charge on any atom is -0.309 e. The van der Waals surface area contributed by atoms with Gasteiger partial charge >= 0.3 is 0 Å². The first-order valence-corrected chi connectivity index (χ1v) is 6.56. The van der Waals surface area contributed by atoms with Crippen molar-refractivity contribution in [1.82, 2.24) is 20.3 Å². The van der Waals surface area contributed by atoms with E-state index in [0.717, 1.165) is 6.07 Å². The van der Waals surface area contributed by atoms with E-state index < -0.39 is 11.6 Å². The fourth-order valence-electron chi connectivity index (χ4n) is 1.61. The molecular weight excluding hydrogens is 318 g/mol. The average molecular weight is 331 g/mol. The topological polar surface area (TPSA) is 42.7 Å². The Labute approximate surface area is 117 Å². The predicted octanol–water partition coefficient (Wildman–Crippen LogP) is 2.81. The predicted molar refractivity (Wildman–Crippen MR) is 71.0 cm³/mol. The van der Waals surface area contributed by atoms with Crippen LogP contribution in [0.3, 0.4) is 0 Å². The van der Waals surface area contributed by atoms with E-state index in [1.807, 2.05) is 13.8 Å². The molecule has 1 aromatic carbocycles. The van der Waals surface area contributed by atoms with Gasteiger partial charge in [-0.1, -0.05) is 19.1 Å². The molecule has 1 heterocycles. The van der Waals surface area contributed by atoms with Crippen molar-refractivity contribution >= 4 is 15.9 Å². The number of hydrogen-bond acceptors (Lipinski definition) is 3. The van der Waals surface area contributed by atoms with Crippen molar-refractivity contribution in [3.05, 3.63) is 40.1 Å². The molecule has 0 spiro atoms. The van der Waals surface area contributed by atoms with Crippen LogP contribution >= 0.6 is 15.9 Å². The molecule has 0 aliphatic carbocycles. The summed E-state index contributed by atoms with van der Waals surface area (Å²) in [4.78, 5) is 0. The summed E-state index contributed by atoms with van der Waals surface area (Å²) < 4.78 is 28.6. The molecule has 0 unspecified atom stereocenters.